The Morgan fingerprint density at radius 1 is 1.20 bits per heavy atom. The van der Waals surface area contributed by atoms with Crippen molar-refractivity contribution in [3.8, 4) is 0 Å². The van der Waals surface area contributed by atoms with Gasteiger partial charge in [-0.3, -0.25) is 5.43 Å². The molecule has 0 bridgehead atoms. The van der Waals surface area contributed by atoms with Crippen LogP contribution in [-0.2, 0) is 4.74 Å². The van der Waals surface area contributed by atoms with Crippen molar-refractivity contribution in [2.75, 3.05) is 10.7 Å². The second-order valence-corrected chi connectivity index (χ2v) is 8.28. The Bertz CT molecular complexity index is 591. The normalized spacial score (nSPS) is 12.8. The van der Waals surface area contributed by atoms with E-state index in [2.05, 4.69) is 54.2 Å². The molecular weight excluding hydrogens is 338 g/mol. The number of anilines is 2. The molecule has 1 rings (SSSR count). The predicted molar refractivity (Wildman–Crippen MR) is 106 cm³/mol. The van der Waals surface area contributed by atoms with E-state index in [9.17, 15) is 4.79 Å². The lowest BCUT2D eigenvalue weighted by atomic mass is 9.88. The van der Waals surface area contributed by atoms with Crippen molar-refractivity contribution in [1.29, 1.82) is 0 Å². The molecule has 0 fully saturated rings. The summed E-state index contributed by atoms with van der Waals surface area (Å²) in [5.74, 6) is 0.485. The zero-order valence-electron chi connectivity index (χ0n) is 16.0. The maximum absolute atomic E-state index is 11.6. The van der Waals surface area contributed by atoms with Gasteiger partial charge in [-0.15, -0.1) is 0 Å². The molecule has 1 heterocycles. The number of hydrogen-bond donors (Lipinski definition) is 4. The summed E-state index contributed by atoms with van der Waals surface area (Å²) < 4.78 is 5.12. The fourth-order valence-corrected chi connectivity index (χ4v) is 1.84. The van der Waals surface area contributed by atoms with Crippen molar-refractivity contribution in [3.63, 3.8) is 0 Å². The van der Waals surface area contributed by atoms with E-state index < -0.39 is 11.7 Å². The average molecular weight is 368 g/mol. The average Bonchev–Trinajstić information content (AvgIpc) is 2.43. The van der Waals surface area contributed by atoms with E-state index >= 15 is 0 Å². The second kappa shape index (κ2) is 8.33. The Morgan fingerprint density at radius 3 is 2.32 bits per heavy atom. The van der Waals surface area contributed by atoms with Crippen molar-refractivity contribution in [3.05, 3.63) is 18.3 Å². The molecule has 0 spiro atoms. The molecule has 1 atom stereocenters. The van der Waals surface area contributed by atoms with Crippen LogP contribution in [0.4, 0.5) is 16.3 Å². The number of carbonyl (C=O) groups excluding carboxylic acids is 1. The highest BCUT2D eigenvalue weighted by molar-refractivity contribution is 7.80. The Kier molecular flexibility index (Phi) is 6.98. The van der Waals surface area contributed by atoms with Gasteiger partial charge in [-0.25, -0.2) is 15.2 Å². The van der Waals surface area contributed by atoms with Gasteiger partial charge in [0.1, 0.15) is 11.4 Å². The first kappa shape index (κ1) is 21.0. The lowest BCUT2D eigenvalue weighted by molar-refractivity contribution is 0.0541. The zero-order chi connectivity index (χ0) is 19.3. The third-order valence-corrected chi connectivity index (χ3v) is 3.58. The molecular formula is C17H29N5O2S. The van der Waals surface area contributed by atoms with E-state index in [1.807, 2.05) is 6.07 Å². The standard InChI is InChI=1S/C17H29N5O2S/c1-11(16(2,3)4)19-14(25)20-12-8-9-13(18-10-12)21-22-15(23)24-17(5,6)7/h8-11H,1-7H3,(H,18,21)(H,22,23)(H2,19,20,25). The molecule has 25 heavy (non-hydrogen) atoms. The van der Waals surface area contributed by atoms with Crippen molar-refractivity contribution in [2.45, 2.75) is 60.1 Å². The van der Waals surface area contributed by atoms with Gasteiger partial charge in [0, 0.05) is 6.04 Å². The van der Waals surface area contributed by atoms with Crippen LogP contribution in [0.15, 0.2) is 18.3 Å². The van der Waals surface area contributed by atoms with Crippen molar-refractivity contribution in [1.82, 2.24) is 15.7 Å². The first-order chi connectivity index (χ1) is 11.4. The summed E-state index contributed by atoms with van der Waals surface area (Å²) in [6, 6.07) is 3.75. The summed E-state index contributed by atoms with van der Waals surface area (Å²) in [6.45, 7) is 13.9. The number of amides is 1. The number of hydrazine groups is 1. The number of ether oxygens (including phenoxy) is 1. The van der Waals surface area contributed by atoms with Gasteiger partial charge in [0.15, 0.2) is 5.11 Å². The maximum Gasteiger partial charge on any atom is 0.426 e. The molecule has 0 saturated heterocycles. The monoisotopic (exact) mass is 367 g/mol. The molecule has 8 heteroatoms. The van der Waals surface area contributed by atoms with E-state index in [0.29, 0.717) is 10.9 Å². The molecule has 0 aromatic carbocycles. The van der Waals surface area contributed by atoms with Gasteiger partial charge >= 0.3 is 6.09 Å². The molecule has 0 saturated carbocycles. The largest absolute Gasteiger partial charge is 0.443 e. The van der Waals surface area contributed by atoms with Crippen LogP contribution in [0, 0.1) is 5.41 Å². The summed E-state index contributed by atoms with van der Waals surface area (Å²) in [5.41, 5.74) is 5.41. The van der Waals surface area contributed by atoms with E-state index in [4.69, 9.17) is 17.0 Å². The molecule has 0 radical (unpaired) electrons. The van der Waals surface area contributed by atoms with Crippen molar-refractivity contribution >= 4 is 34.9 Å². The summed E-state index contributed by atoms with van der Waals surface area (Å²) in [4.78, 5) is 15.8. The zero-order valence-corrected chi connectivity index (χ0v) is 16.8. The summed E-state index contributed by atoms with van der Waals surface area (Å²) in [5, 5.41) is 6.87. The highest BCUT2D eigenvalue weighted by Crippen LogP contribution is 2.18. The predicted octanol–water partition coefficient (Wildman–Crippen LogP) is 3.65. The van der Waals surface area contributed by atoms with Crippen LogP contribution in [0.5, 0.6) is 0 Å². The highest BCUT2D eigenvalue weighted by Gasteiger charge is 2.20. The molecule has 1 aromatic heterocycles. The smallest absolute Gasteiger partial charge is 0.426 e. The Balaban J connectivity index is 2.48. The van der Waals surface area contributed by atoms with Crippen LogP contribution in [0.3, 0.4) is 0 Å². The summed E-state index contributed by atoms with van der Waals surface area (Å²) in [6.07, 6.45) is 1.05. The Hall–Kier alpha value is -2.09. The third kappa shape index (κ3) is 8.53. The number of pyridine rings is 1. The summed E-state index contributed by atoms with van der Waals surface area (Å²) in [7, 11) is 0. The molecule has 1 unspecified atom stereocenters. The Labute approximate surface area is 155 Å². The van der Waals surface area contributed by atoms with Gasteiger partial charge in [0.25, 0.3) is 0 Å². The second-order valence-electron chi connectivity index (χ2n) is 7.87. The van der Waals surface area contributed by atoms with E-state index in [0.717, 1.165) is 5.69 Å². The molecule has 0 aliphatic rings. The van der Waals surface area contributed by atoms with Crippen molar-refractivity contribution < 1.29 is 9.53 Å². The minimum absolute atomic E-state index is 0.102. The first-order valence-corrected chi connectivity index (χ1v) is 8.56. The lowest BCUT2D eigenvalue weighted by Crippen LogP contribution is -2.43. The number of thiocarbonyl (C=S) groups is 1. The van der Waals surface area contributed by atoms with Gasteiger partial charge < -0.3 is 15.4 Å². The molecule has 4 N–H and O–H groups in total. The Morgan fingerprint density at radius 2 is 1.84 bits per heavy atom. The van der Waals surface area contributed by atoms with Crippen LogP contribution >= 0.6 is 12.2 Å². The molecule has 140 valence electrons. The minimum Gasteiger partial charge on any atom is -0.443 e. The van der Waals surface area contributed by atoms with Crippen LogP contribution < -0.4 is 21.5 Å². The van der Waals surface area contributed by atoms with E-state index in [-0.39, 0.29) is 11.5 Å². The lowest BCUT2D eigenvalue weighted by Gasteiger charge is -2.29. The van der Waals surface area contributed by atoms with Crippen molar-refractivity contribution in [2.24, 2.45) is 5.41 Å². The SMILES string of the molecule is CC(NC(=S)Nc1ccc(NNC(=O)OC(C)(C)C)nc1)C(C)(C)C. The number of nitrogens with zero attached hydrogens (tertiary/aromatic N) is 1. The molecule has 0 aliphatic heterocycles. The quantitative estimate of drug-likeness (QED) is 0.477. The van der Waals surface area contributed by atoms with Gasteiger partial charge in [-0.2, -0.15) is 0 Å². The molecule has 0 aliphatic carbocycles. The maximum atomic E-state index is 11.6. The summed E-state index contributed by atoms with van der Waals surface area (Å²) >= 11 is 5.31. The number of carbonyl (C=O) groups is 1. The van der Waals surface area contributed by atoms with E-state index in [1.165, 1.54) is 0 Å². The van der Waals surface area contributed by atoms with Crippen LogP contribution in [0.2, 0.25) is 0 Å². The molecule has 1 aromatic rings. The molecule has 1 amide bonds. The fraction of sp³-hybridized carbons (Fsp3) is 0.588. The highest BCUT2D eigenvalue weighted by atomic mass is 32.1. The topological polar surface area (TPSA) is 87.3 Å². The van der Waals surface area contributed by atoms with E-state index in [1.54, 1.807) is 33.0 Å². The number of rotatable bonds is 4. The number of aromatic nitrogens is 1. The minimum atomic E-state index is -0.571. The van der Waals surface area contributed by atoms with Crippen LogP contribution in [0.1, 0.15) is 48.5 Å². The molecule has 7 nitrogen and oxygen atoms in total. The van der Waals surface area contributed by atoms with Gasteiger partial charge in [-0.05, 0) is 57.5 Å². The van der Waals surface area contributed by atoms with Gasteiger partial charge in [0.05, 0.1) is 11.9 Å². The number of nitrogens with one attached hydrogen (secondary N) is 4. The number of hydrogen-bond acceptors (Lipinski definition) is 5. The van der Waals surface area contributed by atoms with Crippen LogP contribution in [0.25, 0.3) is 0 Å². The fourth-order valence-electron chi connectivity index (χ4n) is 1.54. The van der Waals surface area contributed by atoms with Gasteiger partial charge in [0.2, 0.25) is 0 Å². The first-order valence-electron chi connectivity index (χ1n) is 8.15. The van der Waals surface area contributed by atoms with Gasteiger partial charge in [-0.1, -0.05) is 20.8 Å². The third-order valence-electron chi connectivity index (χ3n) is 3.36. The van der Waals surface area contributed by atoms with Crippen LogP contribution in [-0.4, -0.2) is 27.8 Å².